The molecule has 150 valence electrons. The van der Waals surface area contributed by atoms with Gasteiger partial charge < -0.3 is 5.73 Å². The van der Waals surface area contributed by atoms with Crippen LogP contribution in [0.4, 0.5) is 5.82 Å². The first-order chi connectivity index (χ1) is 14.5. The highest BCUT2D eigenvalue weighted by molar-refractivity contribution is 9.10. The van der Waals surface area contributed by atoms with Gasteiger partial charge in [-0.3, -0.25) is 4.79 Å². The van der Waals surface area contributed by atoms with E-state index in [1.807, 2.05) is 55.5 Å². The molecule has 0 unspecified atom stereocenters. The highest BCUT2D eigenvalue weighted by Crippen LogP contribution is 2.26. The molecule has 0 fully saturated rings. The van der Waals surface area contributed by atoms with Crippen molar-refractivity contribution in [2.24, 2.45) is 5.10 Å². The fourth-order valence-corrected chi connectivity index (χ4v) is 3.11. The molecule has 2 heterocycles. The predicted octanol–water partition coefficient (Wildman–Crippen LogP) is 2.73. The van der Waals surface area contributed by atoms with Gasteiger partial charge in [0.25, 0.3) is 5.91 Å². The van der Waals surface area contributed by atoms with Crippen molar-refractivity contribution < 1.29 is 9.42 Å². The first-order valence-corrected chi connectivity index (χ1v) is 9.52. The maximum absolute atomic E-state index is 12.8. The number of amides is 1. The van der Waals surface area contributed by atoms with Gasteiger partial charge in [0.1, 0.15) is 5.69 Å². The lowest BCUT2D eigenvalue weighted by molar-refractivity contribution is 0.0950. The zero-order valence-electron chi connectivity index (χ0n) is 15.7. The van der Waals surface area contributed by atoms with Gasteiger partial charge in [0, 0.05) is 10.0 Å². The third kappa shape index (κ3) is 3.96. The minimum Gasteiger partial charge on any atom is -0.378 e. The van der Waals surface area contributed by atoms with E-state index in [9.17, 15) is 4.79 Å². The number of anilines is 1. The van der Waals surface area contributed by atoms with Crippen molar-refractivity contribution in [3.63, 3.8) is 0 Å². The number of nitrogens with two attached hydrogens (primary N) is 1. The molecule has 30 heavy (non-hydrogen) atoms. The summed E-state index contributed by atoms with van der Waals surface area (Å²) in [6.07, 6.45) is 1.53. The normalized spacial score (nSPS) is 11.1. The molecule has 0 saturated carbocycles. The lowest BCUT2D eigenvalue weighted by atomic mass is 10.1. The van der Waals surface area contributed by atoms with E-state index >= 15 is 0 Å². The zero-order valence-corrected chi connectivity index (χ0v) is 17.2. The Hall–Kier alpha value is -3.86. The molecule has 0 atom stereocenters. The minimum absolute atomic E-state index is 0.0212. The average Bonchev–Trinajstić information content (AvgIpc) is 3.34. The van der Waals surface area contributed by atoms with Crippen molar-refractivity contribution in [2.75, 3.05) is 5.73 Å². The van der Waals surface area contributed by atoms with Gasteiger partial charge >= 0.3 is 0 Å². The van der Waals surface area contributed by atoms with Crippen LogP contribution in [0.1, 0.15) is 21.6 Å². The molecule has 0 bridgehead atoms. The Morgan fingerprint density at radius 2 is 2.03 bits per heavy atom. The molecular formula is C19H15BrN8O2. The topological polar surface area (TPSA) is 137 Å². The first-order valence-electron chi connectivity index (χ1n) is 8.73. The Bertz CT molecular complexity index is 1230. The van der Waals surface area contributed by atoms with Gasteiger partial charge in [-0.25, -0.2) is 10.1 Å². The SMILES string of the molecule is Cc1ccc(-c2c(C(=O)N/N=C\c3cccc(Br)c3)nnn2-c2nonc2N)cc1. The van der Waals surface area contributed by atoms with Crippen molar-refractivity contribution in [1.29, 1.82) is 0 Å². The average molecular weight is 467 g/mol. The van der Waals surface area contributed by atoms with E-state index in [0.29, 0.717) is 11.3 Å². The summed E-state index contributed by atoms with van der Waals surface area (Å²) in [4.78, 5) is 12.8. The molecule has 0 aliphatic heterocycles. The molecule has 0 aliphatic carbocycles. The van der Waals surface area contributed by atoms with Gasteiger partial charge in [-0.05, 0) is 34.9 Å². The van der Waals surface area contributed by atoms with E-state index in [-0.39, 0.29) is 17.3 Å². The number of hydrazone groups is 1. The summed E-state index contributed by atoms with van der Waals surface area (Å²) in [7, 11) is 0. The number of nitrogens with one attached hydrogen (secondary N) is 1. The fourth-order valence-electron chi connectivity index (χ4n) is 2.70. The molecule has 2 aromatic carbocycles. The van der Waals surface area contributed by atoms with Gasteiger partial charge in [0.05, 0.1) is 6.21 Å². The highest BCUT2D eigenvalue weighted by atomic mass is 79.9. The van der Waals surface area contributed by atoms with E-state index in [1.165, 1.54) is 10.9 Å². The fraction of sp³-hybridized carbons (Fsp3) is 0.0526. The van der Waals surface area contributed by atoms with Crippen molar-refractivity contribution in [2.45, 2.75) is 6.92 Å². The third-order valence-corrected chi connectivity index (χ3v) is 4.63. The van der Waals surface area contributed by atoms with E-state index in [2.05, 4.69) is 51.7 Å². The monoisotopic (exact) mass is 466 g/mol. The van der Waals surface area contributed by atoms with Crippen LogP contribution in [0.15, 0.2) is 62.7 Å². The van der Waals surface area contributed by atoms with Crippen molar-refractivity contribution in [3.05, 3.63) is 69.8 Å². The summed E-state index contributed by atoms with van der Waals surface area (Å²) < 4.78 is 6.87. The molecule has 0 spiro atoms. The number of hydrogen-bond donors (Lipinski definition) is 2. The molecule has 4 aromatic rings. The Labute approximate surface area is 178 Å². The molecule has 10 nitrogen and oxygen atoms in total. The van der Waals surface area contributed by atoms with Crippen LogP contribution in [-0.2, 0) is 0 Å². The summed E-state index contributed by atoms with van der Waals surface area (Å²) in [6.45, 7) is 1.96. The highest BCUT2D eigenvalue weighted by Gasteiger charge is 2.25. The molecule has 1 amide bonds. The second-order valence-electron chi connectivity index (χ2n) is 6.29. The smallest absolute Gasteiger partial charge is 0.294 e. The second kappa shape index (κ2) is 8.25. The molecule has 2 aromatic heterocycles. The summed E-state index contributed by atoms with van der Waals surface area (Å²) >= 11 is 3.39. The second-order valence-corrected chi connectivity index (χ2v) is 7.21. The van der Waals surface area contributed by atoms with Crippen molar-refractivity contribution in [3.8, 4) is 17.1 Å². The summed E-state index contributed by atoms with van der Waals surface area (Å²) in [6, 6.07) is 15.0. The maximum atomic E-state index is 12.8. The van der Waals surface area contributed by atoms with Crippen LogP contribution < -0.4 is 11.2 Å². The van der Waals surface area contributed by atoms with Crippen molar-refractivity contribution in [1.82, 2.24) is 30.7 Å². The lowest BCUT2D eigenvalue weighted by Crippen LogP contribution is -2.19. The van der Waals surface area contributed by atoms with Gasteiger partial charge in [-0.15, -0.1) is 5.10 Å². The van der Waals surface area contributed by atoms with Crippen LogP contribution >= 0.6 is 15.9 Å². The Morgan fingerprint density at radius 3 is 2.73 bits per heavy atom. The molecule has 3 N–H and O–H groups in total. The number of nitrogen functional groups attached to an aromatic ring is 1. The van der Waals surface area contributed by atoms with Crippen LogP contribution in [0.2, 0.25) is 0 Å². The molecule has 11 heteroatoms. The minimum atomic E-state index is -0.543. The maximum Gasteiger partial charge on any atom is 0.294 e. The van der Waals surface area contributed by atoms with Gasteiger partial charge in [-0.1, -0.05) is 63.1 Å². The predicted molar refractivity (Wildman–Crippen MR) is 113 cm³/mol. The van der Waals surface area contributed by atoms with E-state index in [4.69, 9.17) is 5.73 Å². The first kappa shape index (κ1) is 19.5. The molecule has 0 aliphatic rings. The number of benzene rings is 2. The zero-order chi connectivity index (χ0) is 21.1. The number of aryl methyl sites for hydroxylation is 1. The quantitative estimate of drug-likeness (QED) is 0.340. The molecular weight excluding hydrogens is 452 g/mol. The van der Waals surface area contributed by atoms with Gasteiger partial charge in [0.15, 0.2) is 5.69 Å². The van der Waals surface area contributed by atoms with E-state index in [0.717, 1.165) is 15.6 Å². The summed E-state index contributed by atoms with van der Waals surface area (Å²) in [5.41, 5.74) is 11.3. The van der Waals surface area contributed by atoms with Crippen molar-refractivity contribution >= 4 is 33.9 Å². The van der Waals surface area contributed by atoms with Crippen LogP contribution in [0.3, 0.4) is 0 Å². The molecule has 0 radical (unpaired) electrons. The Kier molecular flexibility index (Phi) is 5.35. The number of carbonyl (C=O) groups is 1. The molecule has 0 saturated heterocycles. The molecule has 4 rings (SSSR count). The number of rotatable bonds is 5. The van der Waals surface area contributed by atoms with Crippen LogP contribution in [0.5, 0.6) is 0 Å². The van der Waals surface area contributed by atoms with Gasteiger partial charge in [0.2, 0.25) is 11.6 Å². The van der Waals surface area contributed by atoms with E-state index in [1.54, 1.807) is 0 Å². The summed E-state index contributed by atoms with van der Waals surface area (Å²) in [5, 5.41) is 19.4. The number of aromatic nitrogens is 5. The Morgan fingerprint density at radius 1 is 1.23 bits per heavy atom. The number of hydrogen-bond acceptors (Lipinski definition) is 8. The van der Waals surface area contributed by atoms with E-state index < -0.39 is 5.91 Å². The number of halogens is 1. The van der Waals surface area contributed by atoms with Crippen LogP contribution in [-0.4, -0.2) is 37.4 Å². The summed E-state index contributed by atoms with van der Waals surface area (Å²) in [5.74, 6) is -0.388. The Balaban J connectivity index is 1.69. The van der Waals surface area contributed by atoms with Gasteiger partial charge in [-0.2, -0.15) is 9.78 Å². The van der Waals surface area contributed by atoms with Crippen LogP contribution in [0.25, 0.3) is 17.1 Å². The number of carbonyl (C=O) groups excluding carboxylic acids is 1. The standard InChI is InChI=1S/C19H15BrN8O2/c1-11-5-7-13(8-6-11)16-15(23-27-28(16)18-17(21)25-30-26-18)19(29)24-22-10-12-3-2-4-14(20)9-12/h2-10H,1H3,(H2,21,25)(H,24,29)/b22-10-. The largest absolute Gasteiger partial charge is 0.378 e. The third-order valence-electron chi connectivity index (χ3n) is 4.13. The number of nitrogens with zero attached hydrogens (tertiary/aromatic N) is 6. The lowest BCUT2D eigenvalue weighted by Gasteiger charge is -2.06. The van der Waals surface area contributed by atoms with Crippen LogP contribution in [0, 0.1) is 6.92 Å².